The van der Waals surface area contributed by atoms with Crippen LogP contribution in [-0.2, 0) is 4.74 Å². The van der Waals surface area contributed by atoms with Crippen LogP contribution >= 0.6 is 0 Å². The second kappa shape index (κ2) is 5.86. The first kappa shape index (κ1) is 13.0. The second-order valence-electron chi connectivity index (χ2n) is 5.39. The van der Waals surface area contributed by atoms with Crippen LogP contribution < -0.4 is 0 Å². The third kappa shape index (κ3) is 4.52. The van der Waals surface area contributed by atoms with E-state index in [0.717, 1.165) is 6.42 Å². The number of hydrogen-bond acceptors (Lipinski definition) is 2. The van der Waals surface area contributed by atoms with Crippen LogP contribution in [0, 0.1) is 5.92 Å². The lowest BCUT2D eigenvalue weighted by Crippen LogP contribution is -2.33. The SMILES string of the molecule is CCC(C)(C)OCC(O)C1CCCCC1. The molecular formula is C13H26O2. The van der Waals surface area contributed by atoms with E-state index in [9.17, 15) is 5.11 Å². The van der Waals surface area contributed by atoms with Gasteiger partial charge in [0, 0.05) is 0 Å². The first-order valence-electron chi connectivity index (χ1n) is 6.37. The summed E-state index contributed by atoms with van der Waals surface area (Å²) < 4.78 is 5.74. The summed E-state index contributed by atoms with van der Waals surface area (Å²) in [5, 5.41) is 10.0. The Morgan fingerprint density at radius 1 is 1.27 bits per heavy atom. The van der Waals surface area contributed by atoms with Crippen LogP contribution in [0.2, 0.25) is 0 Å². The maximum Gasteiger partial charge on any atom is 0.0802 e. The van der Waals surface area contributed by atoms with Gasteiger partial charge in [-0.1, -0.05) is 26.2 Å². The van der Waals surface area contributed by atoms with Crippen LogP contribution in [0.3, 0.4) is 0 Å². The highest BCUT2D eigenvalue weighted by atomic mass is 16.5. The van der Waals surface area contributed by atoms with Gasteiger partial charge in [-0.3, -0.25) is 0 Å². The van der Waals surface area contributed by atoms with E-state index >= 15 is 0 Å². The molecule has 2 nitrogen and oxygen atoms in total. The van der Waals surface area contributed by atoms with Crippen LogP contribution in [-0.4, -0.2) is 23.4 Å². The Kier molecular flexibility index (Phi) is 5.07. The van der Waals surface area contributed by atoms with Crippen LogP contribution in [0.4, 0.5) is 0 Å². The van der Waals surface area contributed by atoms with Crippen LogP contribution in [0.1, 0.15) is 59.3 Å². The molecule has 2 heteroatoms. The van der Waals surface area contributed by atoms with Gasteiger partial charge >= 0.3 is 0 Å². The van der Waals surface area contributed by atoms with Crippen molar-refractivity contribution in [2.75, 3.05) is 6.61 Å². The second-order valence-corrected chi connectivity index (χ2v) is 5.39. The van der Waals surface area contributed by atoms with Gasteiger partial charge in [-0.15, -0.1) is 0 Å². The van der Waals surface area contributed by atoms with E-state index < -0.39 is 0 Å². The van der Waals surface area contributed by atoms with E-state index in [0.29, 0.717) is 12.5 Å². The number of aliphatic hydroxyl groups excluding tert-OH is 1. The van der Waals surface area contributed by atoms with Crippen molar-refractivity contribution >= 4 is 0 Å². The lowest BCUT2D eigenvalue weighted by Gasteiger charge is -2.30. The molecule has 1 aliphatic carbocycles. The normalized spacial score (nSPS) is 21.6. The molecular weight excluding hydrogens is 188 g/mol. The molecule has 0 saturated heterocycles. The van der Waals surface area contributed by atoms with Gasteiger partial charge in [-0.25, -0.2) is 0 Å². The summed E-state index contributed by atoms with van der Waals surface area (Å²) >= 11 is 0. The van der Waals surface area contributed by atoms with Crippen molar-refractivity contribution in [3.05, 3.63) is 0 Å². The van der Waals surface area contributed by atoms with Gasteiger partial charge in [0.15, 0.2) is 0 Å². The van der Waals surface area contributed by atoms with Crippen molar-refractivity contribution in [3.63, 3.8) is 0 Å². The van der Waals surface area contributed by atoms with Gasteiger partial charge in [-0.2, -0.15) is 0 Å². The number of ether oxygens (including phenoxy) is 1. The molecule has 1 aliphatic rings. The summed E-state index contributed by atoms with van der Waals surface area (Å²) in [6, 6.07) is 0. The predicted molar refractivity (Wildman–Crippen MR) is 62.9 cm³/mol. The molecule has 1 fully saturated rings. The maximum atomic E-state index is 10.0. The summed E-state index contributed by atoms with van der Waals surface area (Å²) in [6.45, 7) is 6.79. The summed E-state index contributed by atoms with van der Waals surface area (Å²) in [6.07, 6.45) is 6.98. The number of hydrogen-bond donors (Lipinski definition) is 1. The molecule has 0 aliphatic heterocycles. The molecule has 0 radical (unpaired) electrons. The Bertz CT molecular complexity index is 171. The van der Waals surface area contributed by atoms with Crippen LogP contribution in [0.15, 0.2) is 0 Å². The molecule has 0 spiro atoms. The fourth-order valence-corrected chi connectivity index (χ4v) is 2.07. The van der Waals surface area contributed by atoms with Gasteiger partial charge in [0.25, 0.3) is 0 Å². The Morgan fingerprint density at radius 3 is 2.40 bits per heavy atom. The van der Waals surface area contributed by atoms with E-state index in [4.69, 9.17) is 4.74 Å². The smallest absolute Gasteiger partial charge is 0.0802 e. The molecule has 0 bridgehead atoms. The van der Waals surface area contributed by atoms with E-state index in [-0.39, 0.29) is 11.7 Å². The van der Waals surface area contributed by atoms with Gasteiger partial charge in [0.2, 0.25) is 0 Å². The summed E-state index contributed by atoms with van der Waals surface area (Å²) in [5.74, 6) is 0.478. The average Bonchev–Trinajstić information content (AvgIpc) is 2.27. The minimum Gasteiger partial charge on any atom is -0.390 e. The predicted octanol–water partition coefficient (Wildman–Crippen LogP) is 3.13. The first-order chi connectivity index (χ1) is 7.05. The molecule has 1 rings (SSSR count). The quantitative estimate of drug-likeness (QED) is 0.762. The van der Waals surface area contributed by atoms with Crippen molar-refractivity contribution in [1.29, 1.82) is 0 Å². The average molecular weight is 214 g/mol. The third-order valence-corrected chi connectivity index (χ3v) is 3.69. The Balaban J connectivity index is 2.25. The summed E-state index contributed by atoms with van der Waals surface area (Å²) in [4.78, 5) is 0. The summed E-state index contributed by atoms with van der Waals surface area (Å²) in [7, 11) is 0. The van der Waals surface area contributed by atoms with Crippen molar-refractivity contribution in [1.82, 2.24) is 0 Å². The highest BCUT2D eigenvalue weighted by Crippen LogP contribution is 2.27. The molecule has 1 N–H and O–H groups in total. The highest BCUT2D eigenvalue weighted by Gasteiger charge is 2.24. The molecule has 0 aromatic rings. The molecule has 0 heterocycles. The number of rotatable bonds is 5. The third-order valence-electron chi connectivity index (χ3n) is 3.69. The lowest BCUT2D eigenvalue weighted by molar-refractivity contribution is -0.0787. The van der Waals surface area contributed by atoms with E-state index in [1.54, 1.807) is 0 Å². The highest BCUT2D eigenvalue weighted by molar-refractivity contribution is 4.74. The molecule has 0 aromatic heterocycles. The van der Waals surface area contributed by atoms with Crippen molar-refractivity contribution in [2.45, 2.75) is 71.0 Å². The largest absolute Gasteiger partial charge is 0.390 e. The zero-order valence-corrected chi connectivity index (χ0v) is 10.5. The molecule has 1 unspecified atom stereocenters. The minimum absolute atomic E-state index is 0.0877. The fraction of sp³-hybridized carbons (Fsp3) is 1.00. The van der Waals surface area contributed by atoms with Crippen LogP contribution in [0.5, 0.6) is 0 Å². The Labute approximate surface area is 94.0 Å². The van der Waals surface area contributed by atoms with E-state index in [1.807, 2.05) is 0 Å². The molecule has 15 heavy (non-hydrogen) atoms. The van der Waals surface area contributed by atoms with Gasteiger partial charge < -0.3 is 9.84 Å². The lowest BCUT2D eigenvalue weighted by atomic mass is 9.85. The number of aliphatic hydroxyl groups is 1. The zero-order valence-electron chi connectivity index (χ0n) is 10.5. The van der Waals surface area contributed by atoms with E-state index in [2.05, 4.69) is 20.8 Å². The van der Waals surface area contributed by atoms with Crippen molar-refractivity contribution in [2.24, 2.45) is 5.92 Å². The molecule has 1 atom stereocenters. The minimum atomic E-state index is -0.254. The van der Waals surface area contributed by atoms with Crippen LogP contribution in [0.25, 0.3) is 0 Å². The van der Waals surface area contributed by atoms with Gasteiger partial charge in [0.05, 0.1) is 18.3 Å². The topological polar surface area (TPSA) is 29.5 Å². The first-order valence-corrected chi connectivity index (χ1v) is 6.37. The molecule has 0 aromatic carbocycles. The standard InChI is InChI=1S/C13H26O2/c1-4-13(2,3)15-10-12(14)11-8-6-5-7-9-11/h11-12,14H,4-10H2,1-3H3. The Hall–Kier alpha value is -0.0800. The van der Waals surface area contributed by atoms with Crippen molar-refractivity contribution < 1.29 is 9.84 Å². The monoisotopic (exact) mass is 214 g/mol. The molecule has 0 amide bonds. The van der Waals surface area contributed by atoms with E-state index in [1.165, 1.54) is 32.1 Å². The molecule has 90 valence electrons. The van der Waals surface area contributed by atoms with Gasteiger partial charge in [-0.05, 0) is 39.0 Å². The van der Waals surface area contributed by atoms with Crippen molar-refractivity contribution in [3.8, 4) is 0 Å². The summed E-state index contributed by atoms with van der Waals surface area (Å²) in [5.41, 5.74) is -0.0877. The molecule has 1 saturated carbocycles. The van der Waals surface area contributed by atoms with Gasteiger partial charge in [0.1, 0.15) is 0 Å². The maximum absolute atomic E-state index is 10.0. The zero-order chi connectivity index (χ0) is 11.3. The Morgan fingerprint density at radius 2 is 1.87 bits per heavy atom. The fourth-order valence-electron chi connectivity index (χ4n) is 2.07.